The van der Waals surface area contributed by atoms with E-state index in [1.807, 2.05) is 0 Å². The summed E-state index contributed by atoms with van der Waals surface area (Å²) in [7, 11) is 1.51. The highest BCUT2D eigenvalue weighted by Gasteiger charge is 2.08. The first kappa shape index (κ1) is 12.4. The summed E-state index contributed by atoms with van der Waals surface area (Å²) in [4.78, 5) is 11.1. The number of carbonyl (C=O) groups excluding carboxylic acids is 1. The highest BCUT2D eigenvalue weighted by Crippen LogP contribution is 2.25. The molecule has 0 aliphatic heterocycles. The van der Waals surface area contributed by atoms with Gasteiger partial charge in [-0.15, -0.1) is 0 Å². The van der Waals surface area contributed by atoms with Gasteiger partial charge in [0.05, 0.1) is 0 Å². The largest absolute Gasteiger partial charge is 0.508 e. The highest BCUT2D eigenvalue weighted by molar-refractivity contribution is 5.70. The van der Waals surface area contributed by atoms with Gasteiger partial charge in [-0.1, -0.05) is 13.3 Å². The number of benzene rings is 1. The van der Waals surface area contributed by atoms with Crippen molar-refractivity contribution in [2.24, 2.45) is 0 Å². The Bertz CT molecular complexity index is 363. The number of phenolic OH excluding ortho intramolecular Hbond substituents is 1. The molecule has 0 aromatic heterocycles. The van der Waals surface area contributed by atoms with Crippen LogP contribution in [0.15, 0.2) is 18.2 Å². The third-order valence-electron chi connectivity index (χ3n) is 2.25. The van der Waals surface area contributed by atoms with Gasteiger partial charge < -0.3 is 15.2 Å². The zero-order chi connectivity index (χ0) is 12.0. The molecule has 4 heteroatoms. The molecule has 1 rings (SSSR count). The molecule has 0 aliphatic carbocycles. The molecule has 0 unspecified atom stereocenters. The second-order valence-corrected chi connectivity index (χ2v) is 3.54. The van der Waals surface area contributed by atoms with Crippen LogP contribution >= 0.6 is 0 Å². The average Bonchev–Trinajstić information content (AvgIpc) is 2.29. The second-order valence-electron chi connectivity index (χ2n) is 3.54. The molecule has 16 heavy (non-hydrogen) atoms. The number of aryl methyl sites for hydroxylation is 1. The molecule has 0 saturated carbocycles. The number of carbonyl (C=O) groups is 1. The van der Waals surface area contributed by atoms with Crippen LogP contribution in [-0.4, -0.2) is 18.2 Å². The van der Waals surface area contributed by atoms with E-state index in [9.17, 15) is 9.90 Å². The Morgan fingerprint density at radius 3 is 2.88 bits per heavy atom. The predicted molar refractivity (Wildman–Crippen MR) is 61.8 cm³/mol. The van der Waals surface area contributed by atoms with E-state index in [4.69, 9.17) is 4.74 Å². The molecule has 4 nitrogen and oxygen atoms in total. The number of unbranched alkanes of at least 4 members (excludes halogenated alkanes) is 1. The zero-order valence-electron chi connectivity index (χ0n) is 9.62. The van der Waals surface area contributed by atoms with Crippen LogP contribution in [0.2, 0.25) is 0 Å². The Kier molecular flexibility index (Phi) is 4.64. The molecule has 88 valence electrons. The van der Waals surface area contributed by atoms with Crippen LogP contribution in [0.5, 0.6) is 11.5 Å². The predicted octanol–water partition coefficient (Wildman–Crippen LogP) is 2.45. The van der Waals surface area contributed by atoms with Gasteiger partial charge in [-0.05, 0) is 36.6 Å². The molecule has 0 bridgehead atoms. The van der Waals surface area contributed by atoms with Crippen molar-refractivity contribution in [1.29, 1.82) is 0 Å². The summed E-state index contributed by atoms with van der Waals surface area (Å²) in [6.45, 7) is 2.09. The van der Waals surface area contributed by atoms with Crippen molar-refractivity contribution in [2.45, 2.75) is 26.2 Å². The number of hydrogen-bond acceptors (Lipinski definition) is 3. The molecule has 2 N–H and O–H groups in total. The van der Waals surface area contributed by atoms with Gasteiger partial charge in [0.2, 0.25) is 0 Å². The van der Waals surface area contributed by atoms with Gasteiger partial charge in [0, 0.05) is 7.05 Å². The lowest BCUT2D eigenvalue weighted by Gasteiger charge is -2.09. The number of amides is 1. The van der Waals surface area contributed by atoms with Gasteiger partial charge in [0.25, 0.3) is 0 Å². The van der Waals surface area contributed by atoms with Gasteiger partial charge in [-0.3, -0.25) is 0 Å². The zero-order valence-corrected chi connectivity index (χ0v) is 9.62. The van der Waals surface area contributed by atoms with E-state index in [0.717, 1.165) is 24.8 Å². The third-order valence-corrected chi connectivity index (χ3v) is 2.25. The van der Waals surface area contributed by atoms with E-state index in [1.165, 1.54) is 13.1 Å². The maximum absolute atomic E-state index is 11.1. The van der Waals surface area contributed by atoms with Crippen molar-refractivity contribution < 1.29 is 14.6 Å². The molecule has 0 atom stereocenters. The average molecular weight is 223 g/mol. The molecule has 0 aliphatic rings. The van der Waals surface area contributed by atoms with Crippen molar-refractivity contribution in [3.8, 4) is 11.5 Å². The molecule has 1 aromatic rings. The maximum Gasteiger partial charge on any atom is 0.412 e. The first-order chi connectivity index (χ1) is 7.67. The Morgan fingerprint density at radius 2 is 2.25 bits per heavy atom. The summed E-state index contributed by atoms with van der Waals surface area (Å²) in [6, 6.07) is 4.75. The molecule has 0 fully saturated rings. The van der Waals surface area contributed by atoms with E-state index in [2.05, 4.69) is 12.2 Å². The number of aromatic hydroxyl groups is 1. The van der Waals surface area contributed by atoms with Crippen LogP contribution in [0.25, 0.3) is 0 Å². The van der Waals surface area contributed by atoms with Crippen LogP contribution in [0.4, 0.5) is 4.79 Å². The lowest BCUT2D eigenvalue weighted by atomic mass is 10.1. The Labute approximate surface area is 95.2 Å². The van der Waals surface area contributed by atoms with Crippen LogP contribution in [0.1, 0.15) is 25.3 Å². The van der Waals surface area contributed by atoms with Crippen molar-refractivity contribution in [3.05, 3.63) is 23.8 Å². The van der Waals surface area contributed by atoms with E-state index < -0.39 is 6.09 Å². The SMILES string of the molecule is CCCCc1cc(O)ccc1OC(=O)NC. The number of ether oxygens (including phenoxy) is 1. The molecule has 0 heterocycles. The fourth-order valence-corrected chi connectivity index (χ4v) is 1.38. The van der Waals surface area contributed by atoms with Crippen molar-refractivity contribution >= 4 is 6.09 Å². The Balaban J connectivity index is 2.84. The summed E-state index contributed by atoms with van der Waals surface area (Å²) in [6.07, 6.45) is 2.34. The number of phenols is 1. The number of nitrogens with one attached hydrogen (secondary N) is 1. The normalized spacial score (nSPS) is 9.88. The lowest BCUT2D eigenvalue weighted by molar-refractivity contribution is 0.202. The summed E-state index contributed by atoms with van der Waals surface area (Å²) in [5.41, 5.74) is 0.852. The topological polar surface area (TPSA) is 58.6 Å². The minimum Gasteiger partial charge on any atom is -0.508 e. The van der Waals surface area contributed by atoms with E-state index >= 15 is 0 Å². The third kappa shape index (κ3) is 3.46. The number of hydrogen-bond donors (Lipinski definition) is 2. The molecule has 0 spiro atoms. The molecule has 1 amide bonds. The van der Waals surface area contributed by atoms with Gasteiger partial charge in [-0.2, -0.15) is 0 Å². The second kappa shape index (κ2) is 6.00. The maximum atomic E-state index is 11.1. The fourth-order valence-electron chi connectivity index (χ4n) is 1.38. The van der Waals surface area contributed by atoms with E-state index in [1.54, 1.807) is 12.1 Å². The molecule has 0 radical (unpaired) electrons. The lowest BCUT2D eigenvalue weighted by Crippen LogP contribution is -2.22. The monoisotopic (exact) mass is 223 g/mol. The Morgan fingerprint density at radius 1 is 1.50 bits per heavy atom. The minimum atomic E-state index is -0.497. The van der Waals surface area contributed by atoms with Crippen LogP contribution in [0, 0.1) is 0 Å². The summed E-state index contributed by atoms with van der Waals surface area (Å²) in [5.74, 6) is 0.695. The molecular formula is C12H17NO3. The summed E-state index contributed by atoms with van der Waals surface area (Å²) in [5, 5.41) is 11.8. The van der Waals surface area contributed by atoms with Gasteiger partial charge >= 0.3 is 6.09 Å². The molecule has 1 aromatic carbocycles. The first-order valence-corrected chi connectivity index (χ1v) is 5.38. The van der Waals surface area contributed by atoms with Gasteiger partial charge in [-0.25, -0.2) is 4.79 Å². The van der Waals surface area contributed by atoms with Crippen LogP contribution in [-0.2, 0) is 6.42 Å². The molecular weight excluding hydrogens is 206 g/mol. The van der Waals surface area contributed by atoms with Crippen molar-refractivity contribution in [1.82, 2.24) is 5.32 Å². The molecule has 0 saturated heterocycles. The standard InChI is InChI=1S/C12H17NO3/c1-3-4-5-9-8-10(14)6-7-11(9)16-12(15)13-2/h6-8,14H,3-5H2,1-2H3,(H,13,15). The smallest absolute Gasteiger partial charge is 0.412 e. The fraction of sp³-hybridized carbons (Fsp3) is 0.417. The van der Waals surface area contributed by atoms with Crippen LogP contribution < -0.4 is 10.1 Å². The number of rotatable bonds is 4. The first-order valence-electron chi connectivity index (χ1n) is 5.38. The van der Waals surface area contributed by atoms with Crippen LogP contribution in [0.3, 0.4) is 0 Å². The summed E-state index contributed by atoms with van der Waals surface area (Å²) >= 11 is 0. The van der Waals surface area contributed by atoms with Crippen molar-refractivity contribution in [3.63, 3.8) is 0 Å². The Hall–Kier alpha value is -1.71. The van der Waals surface area contributed by atoms with E-state index in [0.29, 0.717) is 5.75 Å². The minimum absolute atomic E-state index is 0.190. The van der Waals surface area contributed by atoms with E-state index in [-0.39, 0.29) is 5.75 Å². The van der Waals surface area contributed by atoms with Crippen molar-refractivity contribution in [2.75, 3.05) is 7.05 Å². The quantitative estimate of drug-likeness (QED) is 0.824. The highest BCUT2D eigenvalue weighted by atomic mass is 16.6. The van der Waals surface area contributed by atoms with Gasteiger partial charge in [0.1, 0.15) is 11.5 Å². The summed E-state index contributed by atoms with van der Waals surface area (Å²) < 4.78 is 5.09. The van der Waals surface area contributed by atoms with Gasteiger partial charge in [0.15, 0.2) is 0 Å².